The van der Waals surface area contributed by atoms with Gasteiger partial charge in [0.25, 0.3) is 0 Å². The molecule has 0 aliphatic heterocycles. The van der Waals surface area contributed by atoms with Gasteiger partial charge in [-0.15, -0.1) is 0 Å². The molecule has 0 unspecified atom stereocenters. The molecule has 0 atom stereocenters. The van der Waals surface area contributed by atoms with Crippen molar-refractivity contribution in [1.29, 1.82) is 0 Å². The fraction of sp³-hybridized carbons (Fsp3) is 0.400. The Morgan fingerprint density at radius 2 is 2.24 bits per heavy atom. The smallest absolute Gasteiger partial charge is 0.221 e. The standard InChI is InChI=1S/C15H20N4OS/c1-10(2)16-13(20)7-8-19-14(17-18-15(19)21)12-6-4-5-11(3)9-12/h4-6,9-10H,7-8H2,1-3H3,(H,16,20)(H,18,21). The van der Waals surface area contributed by atoms with Crippen molar-refractivity contribution in [3.8, 4) is 11.4 Å². The fourth-order valence-electron chi connectivity index (χ4n) is 2.14. The normalized spacial score (nSPS) is 10.9. The highest BCUT2D eigenvalue weighted by atomic mass is 32.1. The van der Waals surface area contributed by atoms with Crippen molar-refractivity contribution in [2.75, 3.05) is 0 Å². The first kappa shape index (κ1) is 15.4. The summed E-state index contributed by atoms with van der Waals surface area (Å²) in [6, 6.07) is 8.20. The van der Waals surface area contributed by atoms with Gasteiger partial charge in [0.05, 0.1) is 0 Å². The number of aromatic amines is 1. The maximum Gasteiger partial charge on any atom is 0.221 e. The number of amides is 1. The van der Waals surface area contributed by atoms with Gasteiger partial charge in [0.2, 0.25) is 5.91 Å². The third-order valence-electron chi connectivity index (χ3n) is 3.05. The van der Waals surface area contributed by atoms with E-state index in [0.717, 1.165) is 17.0 Å². The zero-order valence-electron chi connectivity index (χ0n) is 12.5. The van der Waals surface area contributed by atoms with Crippen molar-refractivity contribution in [3.05, 3.63) is 34.6 Å². The quantitative estimate of drug-likeness (QED) is 0.835. The number of hydrogen-bond donors (Lipinski definition) is 2. The molecule has 21 heavy (non-hydrogen) atoms. The highest BCUT2D eigenvalue weighted by molar-refractivity contribution is 7.71. The number of carbonyl (C=O) groups is 1. The van der Waals surface area contributed by atoms with Crippen molar-refractivity contribution in [3.63, 3.8) is 0 Å². The molecule has 2 aromatic rings. The summed E-state index contributed by atoms with van der Waals surface area (Å²) in [4.78, 5) is 11.8. The van der Waals surface area contributed by atoms with E-state index in [-0.39, 0.29) is 11.9 Å². The van der Waals surface area contributed by atoms with Gasteiger partial charge in [0.1, 0.15) is 0 Å². The molecule has 6 heteroatoms. The zero-order chi connectivity index (χ0) is 15.4. The Morgan fingerprint density at radius 3 is 2.90 bits per heavy atom. The van der Waals surface area contributed by atoms with Crippen molar-refractivity contribution >= 4 is 18.1 Å². The first-order chi connectivity index (χ1) is 9.97. The summed E-state index contributed by atoms with van der Waals surface area (Å²) in [5, 5.41) is 9.96. The van der Waals surface area contributed by atoms with Crippen LogP contribution in [0.2, 0.25) is 0 Å². The van der Waals surface area contributed by atoms with Crippen LogP contribution in [0, 0.1) is 11.7 Å². The Kier molecular flexibility index (Phi) is 4.90. The van der Waals surface area contributed by atoms with E-state index < -0.39 is 0 Å². The Morgan fingerprint density at radius 1 is 1.48 bits per heavy atom. The van der Waals surface area contributed by atoms with Crippen molar-refractivity contribution in [2.45, 2.75) is 39.8 Å². The first-order valence-electron chi connectivity index (χ1n) is 6.99. The van der Waals surface area contributed by atoms with E-state index in [2.05, 4.69) is 21.6 Å². The van der Waals surface area contributed by atoms with Gasteiger partial charge < -0.3 is 5.32 Å². The molecule has 0 fully saturated rings. The van der Waals surface area contributed by atoms with Gasteiger partial charge in [-0.05, 0) is 39.1 Å². The first-order valence-corrected chi connectivity index (χ1v) is 7.40. The number of nitrogens with one attached hydrogen (secondary N) is 2. The van der Waals surface area contributed by atoms with Crippen LogP contribution in [-0.4, -0.2) is 26.7 Å². The molecule has 1 heterocycles. The largest absolute Gasteiger partial charge is 0.354 e. The molecule has 0 bridgehead atoms. The summed E-state index contributed by atoms with van der Waals surface area (Å²) < 4.78 is 2.40. The van der Waals surface area contributed by atoms with Gasteiger partial charge in [-0.2, -0.15) is 5.10 Å². The molecule has 112 valence electrons. The second-order valence-electron chi connectivity index (χ2n) is 5.35. The molecular weight excluding hydrogens is 284 g/mol. The minimum atomic E-state index is 0.0169. The molecule has 5 nitrogen and oxygen atoms in total. The van der Waals surface area contributed by atoms with E-state index in [1.54, 1.807) is 0 Å². The molecule has 1 amide bonds. The SMILES string of the molecule is Cc1cccc(-c2n[nH]c(=S)n2CCC(=O)NC(C)C)c1. The van der Waals surface area contributed by atoms with Crippen LogP contribution in [0.3, 0.4) is 0 Å². The highest BCUT2D eigenvalue weighted by Gasteiger charge is 2.11. The maximum atomic E-state index is 11.8. The number of aromatic nitrogens is 3. The molecule has 0 aliphatic carbocycles. The molecular formula is C15H20N4OS. The minimum Gasteiger partial charge on any atom is -0.354 e. The average Bonchev–Trinajstić information content (AvgIpc) is 2.77. The molecule has 1 aromatic carbocycles. The molecule has 2 rings (SSSR count). The predicted molar refractivity (Wildman–Crippen MR) is 85.5 cm³/mol. The van der Waals surface area contributed by atoms with Gasteiger partial charge in [-0.1, -0.05) is 23.8 Å². The average molecular weight is 304 g/mol. The van der Waals surface area contributed by atoms with E-state index in [1.165, 1.54) is 0 Å². The lowest BCUT2D eigenvalue weighted by molar-refractivity contribution is -0.121. The predicted octanol–water partition coefficient (Wildman–Crippen LogP) is 2.83. The van der Waals surface area contributed by atoms with Crippen molar-refractivity contribution in [2.24, 2.45) is 0 Å². The number of H-pyrrole nitrogens is 1. The molecule has 0 spiro atoms. The van der Waals surface area contributed by atoms with Crippen LogP contribution in [0.1, 0.15) is 25.8 Å². The Balaban J connectivity index is 2.19. The number of nitrogens with zero attached hydrogens (tertiary/aromatic N) is 2. The number of rotatable bonds is 5. The van der Waals surface area contributed by atoms with E-state index in [4.69, 9.17) is 12.2 Å². The van der Waals surface area contributed by atoms with Crippen LogP contribution in [0.15, 0.2) is 24.3 Å². The summed E-state index contributed by atoms with van der Waals surface area (Å²) in [7, 11) is 0. The summed E-state index contributed by atoms with van der Waals surface area (Å²) >= 11 is 5.26. The van der Waals surface area contributed by atoms with Crippen LogP contribution in [0.25, 0.3) is 11.4 Å². The summed E-state index contributed by atoms with van der Waals surface area (Å²) in [5.41, 5.74) is 2.15. The second-order valence-corrected chi connectivity index (χ2v) is 5.73. The van der Waals surface area contributed by atoms with Gasteiger partial charge >= 0.3 is 0 Å². The lowest BCUT2D eigenvalue weighted by atomic mass is 10.1. The molecule has 0 saturated heterocycles. The number of aryl methyl sites for hydroxylation is 1. The molecule has 0 aliphatic rings. The lowest BCUT2D eigenvalue weighted by Crippen LogP contribution is -2.30. The zero-order valence-corrected chi connectivity index (χ0v) is 13.3. The Hall–Kier alpha value is -1.95. The van der Waals surface area contributed by atoms with Crippen molar-refractivity contribution < 1.29 is 4.79 Å². The van der Waals surface area contributed by atoms with Crippen LogP contribution >= 0.6 is 12.2 Å². The topological polar surface area (TPSA) is 62.7 Å². The molecule has 0 radical (unpaired) electrons. The number of carbonyl (C=O) groups excluding carboxylic acids is 1. The third kappa shape index (κ3) is 4.01. The summed E-state index contributed by atoms with van der Waals surface area (Å²) in [6.07, 6.45) is 0.380. The lowest BCUT2D eigenvalue weighted by Gasteiger charge is -2.10. The van der Waals surface area contributed by atoms with Gasteiger partial charge in [-0.25, -0.2) is 0 Å². The van der Waals surface area contributed by atoms with Crippen molar-refractivity contribution in [1.82, 2.24) is 20.1 Å². The van der Waals surface area contributed by atoms with E-state index >= 15 is 0 Å². The third-order valence-corrected chi connectivity index (χ3v) is 3.36. The minimum absolute atomic E-state index is 0.0169. The van der Waals surface area contributed by atoms with Gasteiger partial charge in [0.15, 0.2) is 10.6 Å². The Bertz CT molecular complexity index is 687. The van der Waals surface area contributed by atoms with E-state index in [9.17, 15) is 4.79 Å². The second kappa shape index (κ2) is 6.67. The van der Waals surface area contributed by atoms with Crippen LogP contribution in [0.4, 0.5) is 0 Å². The summed E-state index contributed by atoms with van der Waals surface area (Å²) in [6.45, 7) is 6.43. The van der Waals surface area contributed by atoms with Crippen LogP contribution in [-0.2, 0) is 11.3 Å². The van der Waals surface area contributed by atoms with E-state index in [0.29, 0.717) is 17.7 Å². The number of benzene rings is 1. The molecule has 2 N–H and O–H groups in total. The van der Waals surface area contributed by atoms with E-state index in [1.807, 2.05) is 43.5 Å². The van der Waals surface area contributed by atoms with Gasteiger partial charge in [0, 0.05) is 24.6 Å². The molecule has 0 saturated carbocycles. The molecule has 1 aromatic heterocycles. The highest BCUT2D eigenvalue weighted by Crippen LogP contribution is 2.18. The Labute approximate surface area is 129 Å². The summed E-state index contributed by atoms with van der Waals surface area (Å²) in [5.74, 6) is 0.782. The number of hydrogen-bond acceptors (Lipinski definition) is 3. The fourth-order valence-corrected chi connectivity index (χ4v) is 2.36. The van der Waals surface area contributed by atoms with Crippen LogP contribution < -0.4 is 5.32 Å². The van der Waals surface area contributed by atoms with Gasteiger partial charge in [-0.3, -0.25) is 14.5 Å². The van der Waals surface area contributed by atoms with Crippen LogP contribution in [0.5, 0.6) is 0 Å². The maximum absolute atomic E-state index is 11.8. The monoisotopic (exact) mass is 304 g/mol.